The fourth-order valence-electron chi connectivity index (χ4n) is 3.26. The maximum atomic E-state index is 12.8. The highest BCUT2D eigenvalue weighted by Gasteiger charge is 2.34. The summed E-state index contributed by atoms with van der Waals surface area (Å²) in [5.74, 6) is 0.412. The van der Waals surface area contributed by atoms with Gasteiger partial charge in [0.2, 0.25) is 0 Å². The second-order valence-electron chi connectivity index (χ2n) is 6.81. The molecule has 2 aromatic rings. The van der Waals surface area contributed by atoms with Crippen molar-refractivity contribution >= 4 is 27.2 Å². The van der Waals surface area contributed by atoms with Crippen molar-refractivity contribution < 1.29 is 13.2 Å². The number of benzene rings is 1. The molecule has 1 aliphatic heterocycles. The van der Waals surface area contributed by atoms with Gasteiger partial charge >= 0.3 is 0 Å². The van der Waals surface area contributed by atoms with Crippen molar-refractivity contribution in [3.05, 3.63) is 47.4 Å². The molecule has 2 heterocycles. The first-order valence-electron chi connectivity index (χ1n) is 8.97. The number of nitrogens with zero attached hydrogens (tertiary/aromatic N) is 3. The molecule has 1 aromatic carbocycles. The summed E-state index contributed by atoms with van der Waals surface area (Å²) in [4.78, 5) is 22.9. The van der Waals surface area contributed by atoms with E-state index in [-0.39, 0.29) is 29.1 Å². The van der Waals surface area contributed by atoms with Crippen LogP contribution in [0.5, 0.6) is 0 Å². The molecule has 1 aromatic heterocycles. The molecule has 27 heavy (non-hydrogen) atoms. The molecule has 1 atom stereocenters. The summed E-state index contributed by atoms with van der Waals surface area (Å²) in [5.41, 5.74) is 3.45. The lowest BCUT2D eigenvalue weighted by atomic mass is 10.1. The fraction of sp³-hybridized carbons (Fsp3) is 0.421. The third-order valence-corrected chi connectivity index (χ3v) is 6.74. The number of sulfone groups is 1. The highest BCUT2D eigenvalue weighted by Crippen LogP contribution is 2.22. The van der Waals surface area contributed by atoms with Crippen LogP contribution in [-0.2, 0) is 9.84 Å². The maximum Gasteiger partial charge on any atom is 0.274 e. The van der Waals surface area contributed by atoms with E-state index in [1.54, 1.807) is 4.90 Å². The number of carbonyl (C=O) groups is 1. The van der Waals surface area contributed by atoms with Crippen molar-refractivity contribution in [3.63, 3.8) is 0 Å². The van der Waals surface area contributed by atoms with E-state index < -0.39 is 9.84 Å². The fourth-order valence-corrected chi connectivity index (χ4v) is 4.99. The minimum atomic E-state index is -3.06. The molecular formula is C19H24N4O3S. The van der Waals surface area contributed by atoms with Crippen molar-refractivity contribution in [2.45, 2.75) is 33.2 Å². The molecule has 1 amide bonds. The monoisotopic (exact) mass is 388 g/mol. The lowest BCUT2D eigenvalue weighted by Gasteiger charge is -2.26. The first-order valence-corrected chi connectivity index (χ1v) is 10.8. The van der Waals surface area contributed by atoms with Gasteiger partial charge in [0.1, 0.15) is 11.5 Å². The molecule has 0 spiro atoms. The lowest BCUT2D eigenvalue weighted by molar-refractivity contribution is 0.0702. The molecule has 0 radical (unpaired) electrons. The van der Waals surface area contributed by atoms with E-state index in [4.69, 9.17) is 0 Å². The summed E-state index contributed by atoms with van der Waals surface area (Å²) in [7, 11) is -3.06. The summed E-state index contributed by atoms with van der Waals surface area (Å²) in [6.07, 6.45) is 3.43. The Morgan fingerprint density at radius 3 is 2.63 bits per heavy atom. The summed E-state index contributed by atoms with van der Waals surface area (Å²) in [6, 6.07) is 5.67. The molecule has 7 nitrogen and oxygen atoms in total. The molecule has 1 fully saturated rings. The molecule has 144 valence electrons. The highest BCUT2D eigenvalue weighted by molar-refractivity contribution is 7.91. The SMILES string of the molecule is CCN(C(=O)c1cnc(Nc2cccc(C)c2C)cn1)C1CCS(=O)(=O)C1. The Kier molecular flexibility index (Phi) is 5.46. The number of anilines is 2. The number of hydrogen-bond donors (Lipinski definition) is 1. The van der Waals surface area contributed by atoms with Gasteiger partial charge in [0.25, 0.3) is 5.91 Å². The van der Waals surface area contributed by atoms with E-state index in [1.807, 2.05) is 39.0 Å². The van der Waals surface area contributed by atoms with Crippen molar-refractivity contribution in [2.75, 3.05) is 23.4 Å². The molecule has 0 bridgehead atoms. The third-order valence-electron chi connectivity index (χ3n) is 4.99. The number of rotatable bonds is 5. The smallest absolute Gasteiger partial charge is 0.274 e. The highest BCUT2D eigenvalue weighted by atomic mass is 32.2. The van der Waals surface area contributed by atoms with Crippen molar-refractivity contribution in [1.29, 1.82) is 0 Å². The Balaban J connectivity index is 1.74. The van der Waals surface area contributed by atoms with Crippen LogP contribution in [0, 0.1) is 13.8 Å². The second-order valence-corrected chi connectivity index (χ2v) is 9.04. The van der Waals surface area contributed by atoms with Crippen LogP contribution >= 0.6 is 0 Å². The van der Waals surface area contributed by atoms with Gasteiger partial charge in [-0.3, -0.25) is 4.79 Å². The number of nitrogens with one attached hydrogen (secondary N) is 1. The number of hydrogen-bond acceptors (Lipinski definition) is 6. The molecular weight excluding hydrogens is 364 g/mol. The van der Waals surface area contributed by atoms with Gasteiger partial charge in [0.15, 0.2) is 9.84 Å². The van der Waals surface area contributed by atoms with E-state index in [0.717, 1.165) is 11.3 Å². The second kappa shape index (κ2) is 7.64. The van der Waals surface area contributed by atoms with Crippen LogP contribution in [-0.4, -0.2) is 53.3 Å². The minimum Gasteiger partial charge on any atom is -0.339 e. The molecule has 1 aliphatic rings. The topological polar surface area (TPSA) is 92.3 Å². The van der Waals surface area contributed by atoms with Gasteiger partial charge < -0.3 is 10.2 Å². The van der Waals surface area contributed by atoms with E-state index in [9.17, 15) is 13.2 Å². The van der Waals surface area contributed by atoms with Crippen LogP contribution in [0.3, 0.4) is 0 Å². The van der Waals surface area contributed by atoms with Gasteiger partial charge in [0.05, 0.1) is 23.9 Å². The van der Waals surface area contributed by atoms with Crippen molar-refractivity contribution in [1.82, 2.24) is 14.9 Å². The van der Waals surface area contributed by atoms with Gasteiger partial charge in [-0.15, -0.1) is 0 Å². The number of aromatic nitrogens is 2. The molecule has 1 unspecified atom stereocenters. The molecule has 3 rings (SSSR count). The number of aryl methyl sites for hydroxylation is 1. The van der Waals surface area contributed by atoms with Crippen LogP contribution in [0.15, 0.2) is 30.6 Å². The molecule has 0 aliphatic carbocycles. The van der Waals surface area contributed by atoms with Crippen molar-refractivity contribution in [3.8, 4) is 0 Å². The molecule has 0 saturated carbocycles. The minimum absolute atomic E-state index is 0.0201. The van der Waals surface area contributed by atoms with Gasteiger partial charge in [0, 0.05) is 18.3 Å². The molecule has 8 heteroatoms. The average Bonchev–Trinajstić information content (AvgIpc) is 2.99. The van der Waals surface area contributed by atoms with Gasteiger partial charge in [-0.1, -0.05) is 12.1 Å². The quantitative estimate of drug-likeness (QED) is 0.846. The molecule has 1 N–H and O–H groups in total. The largest absolute Gasteiger partial charge is 0.339 e. The van der Waals surface area contributed by atoms with E-state index in [0.29, 0.717) is 18.8 Å². The Bertz CT molecular complexity index is 942. The Morgan fingerprint density at radius 1 is 1.26 bits per heavy atom. The van der Waals surface area contributed by atoms with Gasteiger partial charge in [-0.05, 0) is 44.4 Å². The Labute approximate surface area is 159 Å². The van der Waals surface area contributed by atoms with E-state index >= 15 is 0 Å². The number of carbonyl (C=O) groups excluding carboxylic acids is 1. The van der Waals surface area contributed by atoms with Crippen LogP contribution in [0.4, 0.5) is 11.5 Å². The van der Waals surface area contributed by atoms with Crippen LogP contribution in [0.2, 0.25) is 0 Å². The zero-order chi connectivity index (χ0) is 19.6. The normalized spacial score (nSPS) is 18.3. The zero-order valence-corrected chi connectivity index (χ0v) is 16.6. The maximum absolute atomic E-state index is 12.8. The van der Waals surface area contributed by atoms with Crippen molar-refractivity contribution in [2.24, 2.45) is 0 Å². The Hall–Kier alpha value is -2.48. The van der Waals surface area contributed by atoms with Gasteiger partial charge in [-0.25, -0.2) is 18.4 Å². The van der Waals surface area contributed by atoms with Crippen LogP contribution in [0.25, 0.3) is 0 Å². The van der Waals surface area contributed by atoms with E-state index in [1.165, 1.54) is 18.0 Å². The Morgan fingerprint density at radius 2 is 2.04 bits per heavy atom. The average molecular weight is 388 g/mol. The summed E-state index contributed by atoms with van der Waals surface area (Å²) in [5, 5.41) is 3.21. The van der Waals surface area contributed by atoms with Crippen LogP contribution < -0.4 is 5.32 Å². The number of amides is 1. The first kappa shape index (κ1) is 19.3. The predicted octanol–water partition coefficient (Wildman–Crippen LogP) is 2.49. The third kappa shape index (κ3) is 4.27. The summed E-state index contributed by atoms with van der Waals surface area (Å²) >= 11 is 0. The lowest BCUT2D eigenvalue weighted by Crippen LogP contribution is -2.41. The summed E-state index contributed by atoms with van der Waals surface area (Å²) in [6.45, 7) is 6.34. The predicted molar refractivity (Wildman–Crippen MR) is 105 cm³/mol. The zero-order valence-electron chi connectivity index (χ0n) is 15.8. The van der Waals surface area contributed by atoms with E-state index in [2.05, 4.69) is 15.3 Å². The van der Waals surface area contributed by atoms with Crippen LogP contribution in [0.1, 0.15) is 35.0 Å². The standard InChI is InChI=1S/C19H24N4O3S/c1-4-23(15-8-9-27(25,26)12-15)19(24)17-10-21-18(11-20-17)22-16-7-5-6-13(2)14(16)3/h5-7,10-11,15H,4,8-9,12H2,1-3H3,(H,21,22). The van der Waals surface area contributed by atoms with Gasteiger partial charge in [-0.2, -0.15) is 0 Å². The first-order chi connectivity index (χ1) is 12.8. The summed E-state index contributed by atoms with van der Waals surface area (Å²) < 4.78 is 23.4. The molecule has 1 saturated heterocycles.